The molecule has 0 unspecified atom stereocenters. The van der Waals surface area contributed by atoms with Crippen LogP contribution in [0.15, 0.2) is 65.8 Å². The second-order valence-electron chi connectivity index (χ2n) is 6.85. The van der Waals surface area contributed by atoms with E-state index in [2.05, 4.69) is 9.98 Å². The molecule has 29 heavy (non-hydrogen) atoms. The summed E-state index contributed by atoms with van der Waals surface area (Å²) in [5, 5.41) is 1.10. The number of nitrogens with one attached hydrogen (secondary N) is 1. The Bertz CT molecular complexity index is 935. The lowest BCUT2D eigenvalue weighted by atomic mass is 10.1. The van der Waals surface area contributed by atoms with Crippen molar-refractivity contribution in [3.63, 3.8) is 0 Å². The molecule has 154 valence electrons. The number of fused-ring (bicyclic) bond motifs is 1. The summed E-state index contributed by atoms with van der Waals surface area (Å²) in [5.74, 6) is 0.229. The Balaban J connectivity index is 0.00000300. The number of aromatic amines is 1. The lowest BCUT2D eigenvalue weighted by Gasteiger charge is -2.23. The van der Waals surface area contributed by atoms with Crippen LogP contribution >= 0.6 is 12.4 Å². The molecule has 0 spiro atoms. The van der Waals surface area contributed by atoms with Gasteiger partial charge in [0.1, 0.15) is 0 Å². The number of aliphatic imine (C=N–C) groups is 1. The van der Waals surface area contributed by atoms with Gasteiger partial charge >= 0.3 is 0 Å². The average Bonchev–Trinajstić information content (AvgIpc) is 3.10. The van der Waals surface area contributed by atoms with Gasteiger partial charge in [0.25, 0.3) is 0 Å². The van der Waals surface area contributed by atoms with Crippen molar-refractivity contribution in [2.24, 2.45) is 16.5 Å². The highest BCUT2D eigenvalue weighted by Crippen LogP contribution is 2.19. The van der Waals surface area contributed by atoms with E-state index >= 15 is 0 Å². The lowest BCUT2D eigenvalue weighted by molar-refractivity contribution is -0.131. The van der Waals surface area contributed by atoms with E-state index in [0.717, 1.165) is 34.9 Å². The lowest BCUT2D eigenvalue weighted by Crippen LogP contribution is -2.33. The molecule has 0 bridgehead atoms. The second-order valence-corrected chi connectivity index (χ2v) is 6.85. The molecule has 0 radical (unpaired) electrons. The van der Waals surface area contributed by atoms with E-state index in [0.29, 0.717) is 26.1 Å². The van der Waals surface area contributed by atoms with Crippen molar-refractivity contribution in [3.8, 4) is 0 Å². The molecule has 0 saturated carbocycles. The smallest absolute Gasteiger partial charge is 0.227 e. The zero-order chi connectivity index (χ0) is 19.8. The van der Waals surface area contributed by atoms with Crippen LogP contribution < -0.4 is 11.5 Å². The summed E-state index contributed by atoms with van der Waals surface area (Å²) in [6, 6.07) is 18.1. The number of carbonyl (C=O) groups is 1. The van der Waals surface area contributed by atoms with E-state index in [1.807, 2.05) is 65.7 Å². The Morgan fingerprint density at radius 2 is 1.72 bits per heavy atom. The van der Waals surface area contributed by atoms with Crippen molar-refractivity contribution in [3.05, 3.63) is 71.9 Å². The number of nitrogens with two attached hydrogens (primary N) is 2. The highest BCUT2D eigenvalue weighted by molar-refractivity contribution is 5.88. The van der Waals surface area contributed by atoms with Crippen molar-refractivity contribution in [1.29, 1.82) is 0 Å². The minimum Gasteiger partial charge on any atom is -0.370 e. The van der Waals surface area contributed by atoms with E-state index in [1.165, 1.54) is 0 Å². The first-order valence-electron chi connectivity index (χ1n) is 9.55. The molecule has 0 fully saturated rings. The Kier molecular flexibility index (Phi) is 8.55. The summed E-state index contributed by atoms with van der Waals surface area (Å²) in [7, 11) is 0. The van der Waals surface area contributed by atoms with Crippen molar-refractivity contribution >= 4 is 35.2 Å². The molecule has 3 rings (SSSR count). The van der Waals surface area contributed by atoms with Gasteiger partial charge in [-0.3, -0.25) is 9.79 Å². The summed E-state index contributed by atoms with van der Waals surface area (Å²) in [5.41, 5.74) is 13.9. The van der Waals surface area contributed by atoms with Gasteiger partial charge in [-0.15, -0.1) is 12.4 Å². The Morgan fingerprint density at radius 1 is 1.00 bits per heavy atom. The zero-order valence-corrected chi connectivity index (χ0v) is 17.2. The molecular formula is C22H28ClN5O. The number of aromatic nitrogens is 1. The Hall–Kier alpha value is -2.99. The van der Waals surface area contributed by atoms with Crippen LogP contribution in [0.25, 0.3) is 10.9 Å². The minimum absolute atomic E-state index is 0. The van der Waals surface area contributed by atoms with Crippen LogP contribution in [0.3, 0.4) is 0 Å². The largest absolute Gasteiger partial charge is 0.370 e. The third-order valence-electron chi connectivity index (χ3n) is 4.72. The fourth-order valence-corrected chi connectivity index (χ4v) is 3.27. The van der Waals surface area contributed by atoms with Crippen molar-refractivity contribution in [1.82, 2.24) is 9.88 Å². The Morgan fingerprint density at radius 3 is 2.48 bits per heavy atom. The van der Waals surface area contributed by atoms with Gasteiger partial charge < -0.3 is 21.4 Å². The number of nitrogens with zero attached hydrogens (tertiary/aromatic N) is 2. The van der Waals surface area contributed by atoms with Gasteiger partial charge in [0, 0.05) is 36.7 Å². The summed E-state index contributed by atoms with van der Waals surface area (Å²) in [4.78, 5) is 22.3. The van der Waals surface area contributed by atoms with Crippen LogP contribution in [0, 0.1) is 0 Å². The quantitative estimate of drug-likeness (QED) is 0.285. The number of amides is 1. The molecule has 1 heterocycles. The van der Waals surface area contributed by atoms with E-state index in [4.69, 9.17) is 11.5 Å². The maximum absolute atomic E-state index is 13.1. The van der Waals surface area contributed by atoms with Gasteiger partial charge in [-0.05, 0) is 30.0 Å². The predicted octanol–water partition coefficient (Wildman–Crippen LogP) is 3.21. The van der Waals surface area contributed by atoms with E-state index < -0.39 is 0 Å². The van der Waals surface area contributed by atoms with Crippen LogP contribution in [-0.4, -0.2) is 34.8 Å². The SMILES string of the molecule is Cl.NC(N)=NCCCCN(Cc1ccccc1)C(=O)Cc1c[nH]c2ccccc12. The summed E-state index contributed by atoms with van der Waals surface area (Å²) in [6.07, 6.45) is 4.00. The summed E-state index contributed by atoms with van der Waals surface area (Å²) in [6.45, 7) is 1.86. The molecule has 0 aliphatic heterocycles. The molecule has 0 aliphatic rings. The van der Waals surface area contributed by atoms with E-state index in [-0.39, 0.29) is 24.3 Å². The number of H-pyrrole nitrogens is 1. The minimum atomic E-state index is 0. The van der Waals surface area contributed by atoms with Crippen molar-refractivity contribution in [2.75, 3.05) is 13.1 Å². The van der Waals surface area contributed by atoms with Crippen molar-refractivity contribution in [2.45, 2.75) is 25.8 Å². The molecule has 1 aromatic heterocycles. The fraction of sp³-hybridized carbons (Fsp3) is 0.273. The summed E-state index contributed by atoms with van der Waals surface area (Å²) < 4.78 is 0. The molecule has 3 aromatic rings. The maximum Gasteiger partial charge on any atom is 0.227 e. The average molecular weight is 414 g/mol. The molecule has 2 aromatic carbocycles. The van der Waals surface area contributed by atoms with E-state index in [9.17, 15) is 4.79 Å². The van der Waals surface area contributed by atoms with Crippen molar-refractivity contribution < 1.29 is 4.79 Å². The predicted molar refractivity (Wildman–Crippen MR) is 121 cm³/mol. The number of hydrogen-bond donors (Lipinski definition) is 3. The number of guanidine groups is 1. The Labute approximate surface area is 177 Å². The van der Waals surface area contributed by atoms with Crippen LogP contribution in [-0.2, 0) is 17.8 Å². The number of carbonyl (C=O) groups excluding carboxylic acids is 1. The van der Waals surface area contributed by atoms with Crippen LogP contribution in [0.4, 0.5) is 0 Å². The number of rotatable bonds is 9. The van der Waals surface area contributed by atoms with Gasteiger partial charge in [0.15, 0.2) is 5.96 Å². The maximum atomic E-state index is 13.1. The number of unbranched alkanes of at least 4 members (excludes halogenated alkanes) is 1. The number of benzene rings is 2. The topological polar surface area (TPSA) is 100 Å². The highest BCUT2D eigenvalue weighted by Gasteiger charge is 2.16. The standard InChI is InChI=1S/C22H27N5O.ClH/c23-22(24)25-12-6-7-13-27(16-17-8-2-1-3-9-17)21(28)14-18-15-26-20-11-5-4-10-19(18)20;/h1-5,8-11,15,26H,6-7,12-14,16H2,(H4,23,24,25);1H. The first-order valence-corrected chi connectivity index (χ1v) is 9.55. The van der Waals surface area contributed by atoms with Gasteiger partial charge in [0.05, 0.1) is 6.42 Å². The van der Waals surface area contributed by atoms with Gasteiger partial charge in [-0.1, -0.05) is 48.5 Å². The first kappa shape index (κ1) is 22.3. The molecule has 6 nitrogen and oxygen atoms in total. The highest BCUT2D eigenvalue weighted by atomic mass is 35.5. The molecule has 5 N–H and O–H groups in total. The molecule has 0 saturated heterocycles. The number of para-hydroxylation sites is 1. The third kappa shape index (κ3) is 6.54. The fourth-order valence-electron chi connectivity index (χ4n) is 3.27. The van der Waals surface area contributed by atoms with Gasteiger partial charge in [-0.2, -0.15) is 0 Å². The zero-order valence-electron chi connectivity index (χ0n) is 16.4. The second kappa shape index (κ2) is 11.1. The molecule has 0 aliphatic carbocycles. The number of halogens is 1. The third-order valence-corrected chi connectivity index (χ3v) is 4.72. The van der Waals surface area contributed by atoms with Crippen LogP contribution in [0.2, 0.25) is 0 Å². The van der Waals surface area contributed by atoms with E-state index in [1.54, 1.807) is 0 Å². The normalized spacial score (nSPS) is 10.3. The number of hydrogen-bond acceptors (Lipinski definition) is 2. The van der Waals surface area contributed by atoms with Crippen LogP contribution in [0.5, 0.6) is 0 Å². The monoisotopic (exact) mass is 413 g/mol. The molecule has 1 amide bonds. The summed E-state index contributed by atoms with van der Waals surface area (Å²) >= 11 is 0. The van der Waals surface area contributed by atoms with Gasteiger partial charge in [-0.25, -0.2) is 0 Å². The molecular weight excluding hydrogens is 386 g/mol. The van der Waals surface area contributed by atoms with Crippen LogP contribution in [0.1, 0.15) is 24.0 Å². The van der Waals surface area contributed by atoms with Gasteiger partial charge in [0.2, 0.25) is 5.91 Å². The molecule has 0 atom stereocenters. The molecule has 7 heteroatoms. The first-order chi connectivity index (χ1) is 13.6.